The van der Waals surface area contributed by atoms with E-state index in [4.69, 9.17) is 71.1 Å². The number of hydrogen-bond donors (Lipinski definition) is 1. The molecule has 2 aliphatic heterocycles. The van der Waals surface area contributed by atoms with E-state index in [2.05, 4.69) is 5.32 Å². The lowest BCUT2D eigenvalue weighted by atomic mass is 9.97. The number of fused-ring (bicyclic) bond motifs is 1. The summed E-state index contributed by atoms with van der Waals surface area (Å²) in [4.78, 5) is 29.8. The summed E-state index contributed by atoms with van der Waals surface area (Å²) in [6, 6.07) is 16.5. The number of nitrogens with zero attached hydrogens (tertiary/aromatic N) is 1. The number of nitrogens with one attached hydrogen (secondary N) is 1. The molecule has 0 radical (unpaired) electrons. The lowest BCUT2D eigenvalue weighted by Crippen LogP contribution is -2.60. The summed E-state index contributed by atoms with van der Waals surface area (Å²) in [6.07, 6.45) is -5.91. The molecule has 0 spiro atoms. The second kappa shape index (κ2) is 28.4. The average molecular weight is 883 g/mol. The lowest BCUT2D eigenvalue weighted by Gasteiger charge is -2.39. The standard InChI is InChI=1S/C43H66N2O17/c1-43(2)61-38-37(60-41(51-7)39(38)62-43)36(59-30-54-23-20-50-6)35(40(46)56-25-31-14-10-8-11-15-31)45(3)24-34(58-29-53-22-19-49-5)33(27-55-28-52-21-18-48-4)44-42(47)57-26-32-16-12-9-13-17-32/h8-17,33-39,41H,18-30H2,1-7H3,(H,44,47)/t33-,34+,35+,36-,37-,38-,39-,41-/m1/s1. The van der Waals surface area contributed by atoms with Gasteiger partial charge in [-0.3, -0.25) is 9.69 Å². The van der Waals surface area contributed by atoms with E-state index in [1.165, 1.54) is 7.11 Å². The Morgan fingerprint density at radius 1 is 0.710 bits per heavy atom. The van der Waals surface area contributed by atoms with Gasteiger partial charge in [-0.15, -0.1) is 0 Å². The minimum absolute atomic E-state index is 0.0152. The molecule has 2 heterocycles. The van der Waals surface area contributed by atoms with E-state index in [0.717, 1.165) is 11.1 Å². The van der Waals surface area contributed by atoms with Gasteiger partial charge in [0.15, 0.2) is 12.1 Å². The number of esters is 1. The van der Waals surface area contributed by atoms with Crippen LogP contribution in [0.3, 0.4) is 0 Å². The molecule has 62 heavy (non-hydrogen) atoms. The number of alkyl carbamates (subject to hydrolysis) is 1. The molecule has 350 valence electrons. The zero-order valence-corrected chi connectivity index (χ0v) is 37.0. The Kier molecular flexibility index (Phi) is 23.5. The van der Waals surface area contributed by atoms with Crippen molar-refractivity contribution in [3.8, 4) is 0 Å². The number of hydrogen-bond acceptors (Lipinski definition) is 18. The van der Waals surface area contributed by atoms with Crippen LogP contribution >= 0.6 is 0 Å². The van der Waals surface area contributed by atoms with Crippen LogP contribution in [0, 0.1) is 0 Å². The lowest BCUT2D eigenvalue weighted by molar-refractivity contribution is -0.251. The van der Waals surface area contributed by atoms with Gasteiger partial charge in [-0.25, -0.2) is 4.79 Å². The summed E-state index contributed by atoms with van der Waals surface area (Å²) in [7, 11) is 7.88. The van der Waals surface area contributed by atoms with Gasteiger partial charge >= 0.3 is 12.1 Å². The van der Waals surface area contributed by atoms with Crippen molar-refractivity contribution in [2.45, 2.75) is 81.7 Å². The Hall–Kier alpha value is -3.38. The van der Waals surface area contributed by atoms with Crippen LogP contribution in [0.4, 0.5) is 4.79 Å². The maximum Gasteiger partial charge on any atom is 0.407 e. The number of likely N-dealkylation sites (N-methyl/N-ethyl adjacent to an activating group) is 1. The predicted molar refractivity (Wildman–Crippen MR) is 219 cm³/mol. The van der Waals surface area contributed by atoms with Gasteiger partial charge in [0.25, 0.3) is 0 Å². The van der Waals surface area contributed by atoms with Gasteiger partial charge in [0, 0.05) is 35.0 Å². The molecule has 2 saturated heterocycles. The highest BCUT2D eigenvalue weighted by atomic mass is 16.8. The Bertz CT molecular complexity index is 1510. The van der Waals surface area contributed by atoms with Crippen molar-refractivity contribution >= 4 is 12.1 Å². The second-order valence-electron chi connectivity index (χ2n) is 14.8. The van der Waals surface area contributed by atoms with Crippen molar-refractivity contribution in [3.05, 3.63) is 71.8 Å². The predicted octanol–water partition coefficient (Wildman–Crippen LogP) is 2.87. The second-order valence-corrected chi connectivity index (χ2v) is 14.8. The third kappa shape index (κ3) is 17.3. The highest BCUT2D eigenvalue weighted by Gasteiger charge is 2.60. The smallest absolute Gasteiger partial charge is 0.407 e. The Balaban J connectivity index is 1.68. The largest absolute Gasteiger partial charge is 0.460 e. The summed E-state index contributed by atoms with van der Waals surface area (Å²) in [5.41, 5.74) is 1.56. The monoisotopic (exact) mass is 882 g/mol. The van der Waals surface area contributed by atoms with Crippen molar-refractivity contribution in [1.29, 1.82) is 0 Å². The number of benzene rings is 2. The van der Waals surface area contributed by atoms with E-state index in [-0.39, 0.29) is 66.6 Å². The summed E-state index contributed by atoms with van der Waals surface area (Å²) in [5.74, 6) is -1.64. The van der Waals surface area contributed by atoms with Crippen LogP contribution in [0.15, 0.2) is 60.7 Å². The molecule has 2 aromatic carbocycles. The van der Waals surface area contributed by atoms with Crippen molar-refractivity contribution in [2.75, 3.05) is 109 Å². The number of ether oxygens (including phenoxy) is 15. The van der Waals surface area contributed by atoms with Crippen LogP contribution < -0.4 is 5.32 Å². The summed E-state index contributed by atoms with van der Waals surface area (Å²) >= 11 is 0. The molecule has 0 unspecified atom stereocenters. The van der Waals surface area contributed by atoms with Crippen molar-refractivity contribution in [2.24, 2.45) is 0 Å². The van der Waals surface area contributed by atoms with Gasteiger partial charge in [-0.1, -0.05) is 60.7 Å². The first-order valence-corrected chi connectivity index (χ1v) is 20.5. The molecule has 2 aliphatic rings. The van der Waals surface area contributed by atoms with Gasteiger partial charge in [0.1, 0.15) is 64.1 Å². The van der Waals surface area contributed by atoms with Gasteiger partial charge in [-0.05, 0) is 32.0 Å². The number of carbonyl (C=O) groups is 2. The average Bonchev–Trinajstić information content (AvgIpc) is 3.77. The van der Waals surface area contributed by atoms with E-state index >= 15 is 0 Å². The van der Waals surface area contributed by atoms with Gasteiger partial charge in [-0.2, -0.15) is 0 Å². The van der Waals surface area contributed by atoms with Gasteiger partial charge in [0.2, 0.25) is 0 Å². The quantitative estimate of drug-likeness (QED) is 0.0642. The van der Waals surface area contributed by atoms with Crippen LogP contribution in [-0.4, -0.2) is 180 Å². The molecule has 0 aliphatic carbocycles. The molecule has 0 aromatic heterocycles. The molecule has 19 heteroatoms. The first kappa shape index (κ1) is 51.3. The fraction of sp³-hybridized carbons (Fsp3) is 0.674. The van der Waals surface area contributed by atoms with E-state index in [9.17, 15) is 9.59 Å². The van der Waals surface area contributed by atoms with Crippen LogP contribution in [-0.2, 0) is 89.1 Å². The number of amides is 1. The fourth-order valence-electron chi connectivity index (χ4n) is 6.74. The molecule has 2 aromatic rings. The topological polar surface area (TPSA) is 188 Å². The van der Waals surface area contributed by atoms with E-state index in [1.54, 1.807) is 47.1 Å². The molecular formula is C43H66N2O17. The summed E-state index contributed by atoms with van der Waals surface area (Å²) in [6.45, 7) is 4.60. The maximum atomic E-state index is 14.7. The van der Waals surface area contributed by atoms with Gasteiger partial charge in [0.05, 0.1) is 58.4 Å². The maximum absolute atomic E-state index is 14.7. The third-order valence-electron chi connectivity index (χ3n) is 9.76. The molecule has 0 saturated carbocycles. The minimum Gasteiger partial charge on any atom is -0.460 e. The van der Waals surface area contributed by atoms with E-state index in [0.29, 0.717) is 19.8 Å². The molecule has 19 nitrogen and oxygen atoms in total. The number of methoxy groups -OCH3 is 4. The van der Waals surface area contributed by atoms with E-state index < -0.39 is 66.7 Å². The first-order valence-electron chi connectivity index (χ1n) is 20.5. The molecule has 1 amide bonds. The third-order valence-corrected chi connectivity index (χ3v) is 9.76. The summed E-state index contributed by atoms with van der Waals surface area (Å²) in [5, 5.41) is 2.90. The highest BCUT2D eigenvalue weighted by Crippen LogP contribution is 2.41. The number of rotatable bonds is 32. The van der Waals surface area contributed by atoms with Crippen LogP contribution in [0.25, 0.3) is 0 Å². The van der Waals surface area contributed by atoms with Crippen LogP contribution in [0.1, 0.15) is 25.0 Å². The van der Waals surface area contributed by atoms with Crippen molar-refractivity contribution < 1.29 is 80.6 Å². The first-order chi connectivity index (χ1) is 30.1. The molecular weight excluding hydrogens is 816 g/mol. The molecule has 1 N–H and O–H groups in total. The minimum atomic E-state index is -1.21. The van der Waals surface area contributed by atoms with E-state index in [1.807, 2.05) is 60.7 Å². The molecule has 0 bridgehead atoms. The zero-order chi connectivity index (χ0) is 44.6. The SMILES string of the molecule is COCCOCOC[C@@H](NC(=O)OCc1ccccc1)[C@H](CN(C)[C@H](C(=O)OCc1ccccc1)[C@@H](OCOCCOC)[C@H]1O[C@@H](OC)[C@@H]2OC(C)(C)O[C@H]12)OCOCCOC. The summed E-state index contributed by atoms with van der Waals surface area (Å²) < 4.78 is 87.4. The van der Waals surface area contributed by atoms with Crippen LogP contribution in [0.2, 0.25) is 0 Å². The number of carbonyl (C=O) groups excluding carboxylic acids is 2. The Morgan fingerprint density at radius 2 is 1.26 bits per heavy atom. The van der Waals surface area contributed by atoms with Crippen molar-refractivity contribution in [1.82, 2.24) is 10.2 Å². The molecule has 8 atom stereocenters. The fourth-order valence-corrected chi connectivity index (χ4v) is 6.74. The molecule has 2 fully saturated rings. The zero-order valence-electron chi connectivity index (χ0n) is 37.0. The molecule has 4 rings (SSSR count). The van der Waals surface area contributed by atoms with Gasteiger partial charge < -0.3 is 76.4 Å². The Labute approximate surface area is 364 Å². The normalized spacial score (nSPS) is 21.3. The highest BCUT2D eigenvalue weighted by molar-refractivity contribution is 5.77. The van der Waals surface area contributed by atoms with Crippen molar-refractivity contribution in [3.63, 3.8) is 0 Å². The van der Waals surface area contributed by atoms with Crippen LogP contribution in [0.5, 0.6) is 0 Å². The Morgan fingerprint density at radius 3 is 1.84 bits per heavy atom.